The summed E-state index contributed by atoms with van der Waals surface area (Å²) in [6.07, 6.45) is 7.40. The highest BCUT2D eigenvalue weighted by Crippen LogP contribution is 2.20. The van der Waals surface area contributed by atoms with Crippen LogP contribution < -0.4 is 5.32 Å². The number of aryl methyl sites for hydroxylation is 1. The predicted molar refractivity (Wildman–Crippen MR) is 98.5 cm³/mol. The minimum Gasteiger partial charge on any atom is -0.480 e. The van der Waals surface area contributed by atoms with Crippen molar-refractivity contribution in [2.24, 2.45) is 5.92 Å². The fraction of sp³-hybridized carbons (Fsp3) is 0.579. The van der Waals surface area contributed by atoms with Gasteiger partial charge in [-0.25, -0.2) is 4.79 Å². The lowest BCUT2D eigenvalue weighted by Crippen LogP contribution is -2.44. The maximum Gasteiger partial charge on any atom is 0.326 e. The van der Waals surface area contributed by atoms with Crippen LogP contribution in [0.4, 0.5) is 0 Å². The van der Waals surface area contributed by atoms with E-state index in [0.29, 0.717) is 18.6 Å². The number of carbonyl (C=O) groups excluding carboxylic acids is 1. The number of amides is 1. The molecule has 1 aromatic carbocycles. The second kappa shape index (κ2) is 9.72. The van der Waals surface area contributed by atoms with Gasteiger partial charge in [0.1, 0.15) is 6.04 Å². The Kier molecular flexibility index (Phi) is 7.63. The molecule has 132 valence electrons. The molecule has 2 unspecified atom stereocenters. The molecule has 1 amide bonds. The number of nitrogens with one attached hydrogen (secondary N) is 1. The van der Waals surface area contributed by atoms with Crippen molar-refractivity contribution in [2.45, 2.75) is 57.4 Å². The fourth-order valence-corrected chi connectivity index (χ4v) is 3.54. The lowest BCUT2D eigenvalue weighted by atomic mass is 9.92. The molecule has 0 aromatic heterocycles. The van der Waals surface area contributed by atoms with Crippen LogP contribution in [-0.2, 0) is 22.4 Å². The van der Waals surface area contributed by atoms with Gasteiger partial charge in [0.15, 0.2) is 0 Å². The van der Waals surface area contributed by atoms with Crippen molar-refractivity contribution >= 4 is 24.5 Å². The Bertz CT molecular complexity index is 561. The molecule has 2 rings (SSSR count). The van der Waals surface area contributed by atoms with Gasteiger partial charge in [-0.15, -0.1) is 0 Å². The highest BCUT2D eigenvalue weighted by Gasteiger charge is 2.25. The topological polar surface area (TPSA) is 66.4 Å². The summed E-state index contributed by atoms with van der Waals surface area (Å²) in [4.78, 5) is 23.9. The van der Waals surface area contributed by atoms with Crippen LogP contribution in [0.15, 0.2) is 24.3 Å². The van der Waals surface area contributed by atoms with E-state index < -0.39 is 12.0 Å². The van der Waals surface area contributed by atoms with Crippen molar-refractivity contribution in [3.63, 3.8) is 0 Å². The van der Waals surface area contributed by atoms with Gasteiger partial charge >= 0.3 is 5.97 Å². The number of aliphatic carboxylic acids is 1. The standard InChI is InChI=1S/C19H27NO3S/c21-18-16(13-24)12-15-10-7-6-9-14(15)8-4-2-1-3-5-11-17(20-18)19(22)23/h6-7,9-10,16-17,24H,1-5,8,11-13H2,(H,20,21)(H,22,23). The van der Waals surface area contributed by atoms with Crippen molar-refractivity contribution in [1.82, 2.24) is 5.32 Å². The highest BCUT2D eigenvalue weighted by molar-refractivity contribution is 7.80. The second-order valence-corrected chi connectivity index (χ2v) is 6.92. The molecule has 0 aliphatic carbocycles. The average molecular weight is 349 g/mol. The Morgan fingerprint density at radius 3 is 2.50 bits per heavy atom. The molecule has 1 aliphatic rings. The molecule has 2 N–H and O–H groups in total. The number of benzene rings is 1. The Balaban J connectivity index is 2.19. The van der Waals surface area contributed by atoms with Crippen LogP contribution in [0.2, 0.25) is 0 Å². The predicted octanol–water partition coefficient (Wildman–Crippen LogP) is 3.24. The summed E-state index contributed by atoms with van der Waals surface area (Å²) in [5, 5.41) is 12.1. The van der Waals surface area contributed by atoms with Crippen molar-refractivity contribution in [3.05, 3.63) is 35.4 Å². The van der Waals surface area contributed by atoms with E-state index in [-0.39, 0.29) is 11.8 Å². The smallest absolute Gasteiger partial charge is 0.326 e. The summed E-state index contributed by atoms with van der Waals surface area (Å²) < 4.78 is 0. The van der Waals surface area contributed by atoms with Crippen molar-refractivity contribution in [3.8, 4) is 0 Å². The minimum atomic E-state index is -0.950. The number of carboxylic acid groups (broad SMARTS) is 1. The fourth-order valence-electron chi connectivity index (χ4n) is 3.25. The summed E-state index contributed by atoms with van der Waals surface area (Å²) >= 11 is 4.32. The molecular weight excluding hydrogens is 322 g/mol. The first-order valence-electron chi connectivity index (χ1n) is 8.82. The molecule has 2 atom stereocenters. The van der Waals surface area contributed by atoms with E-state index in [1.807, 2.05) is 12.1 Å². The number of rotatable bonds is 2. The zero-order chi connectivity index (χ0) is 17.4. The molecule has 0 radical (unpaired) electrons. The maximum atomic E-state index is 12.5. The number of carboxylic acids is 1. The van der Waals surface area contributed by atoms with E-state index in [4.69, 9.17) is 0 Å². The molecule has 24 heavy (non-hydrogen) atoms. The number of fused-ring (bicyclic) bond motifs is 1. The molecule has 0 saturated heterocycles. The summed E-state index contributed by atoms with van der Waals surface area (Å²) in [5.41, 5.74) is 2.47. The molecule has 0 fully saturated rings. The third-order valence-electron chi connectivity index (χ3n) is 4.73. The first kappa shape index (κ1) is 18.8. The normalized spacial score (nSPS) is 23.6. The van der Waals surface area contributed by atoms with Gasteiger partial charge in [-0.3, -0.25) is 4.79 Å². The van der Waals surface area contributed by atoms with Crippen LogP contribution in [0.3, 0.4) is 0 Å². The van der Waals surface area contributed by atoms with Gasteiger partial charge in [0.2, 0.25) is 5.91 Å². The molecule has 0 bridgehead atoms. The monoisotopic (exact) mass is 349 g/mol. The van der Waals surface area contributed by atoms with Crippen LogP contribution >= 0.6 is 12.6 Å². The summed E-state index contributed by atoms with van der Waals surface area (Å²) in [6.45, 7) is 0. The van der Waals surface area contributed by atoms with Crippen LogP contribution in [0.1, 0.15) is 49.7 Å². The van der Waals surface area contributed by atoms with E-state index in [1.165, 1.54) is 11.1 Å². The third kappa shape index (κ3) is 5.55. The van der Waals surface area contributed by atoms with E-state index in [9.17, 15) is 14.7 Å². The van der Waals surface area contributed by atoms with Gasteiger partial charge in [-0.1, -0.05) is 49.9 Å². The molecule has 5 heteroatoms. The van der Waals surface area contributed by atoms with Gasteiger partial charge in [-0.2, -0.15) is 12.6 Å². The van der Waals surface area contributed by atoms with Crippen molar-refractivity contribution in [1.29, 1.82) is 0 Å². The van der Waals surface area contributed by atoms with Gasteiger partial charge in [-0.05, 0) is 36.8 Å². The number of thiol groups is 1. The summed E-state index contributed by atoms with van der Waals surface area (Å²) in [5.74, 6) is -1.05. The first-order valence-corrected chi connectivity index (χ1v) is 9.46. The van der Waals surface area contributed by atoms with E-state index in [2.05, 4.69) is 30.1 Å². The Labute approximate surface area is 149 Å². The number of hydrogen-bond acceptors (Lipinski definition) is 3. The SMILES string of the molecule is O=C1NC(C(=O)O)CCCCCCCc2ccccc2CC1CS. The molecule has 0 spiro atoms. The Morgan fingerprint density at radius 1 is 1.12 bits per heavy atom. The van der Waals surface area contributed by atoms with Crippen molar-refractivity contribution < 1.29 is 14.7 Å². The number of hydrogen-bond donors (Lipinski definition) is 3. The summed E-state index contributed by atoms with van der Waals surface area (Å²) in [6, 6.07) is 7.44. The van der Waals surface area contributed by atoms with E-state index in [0.717, 1.165) is 38.5 Å². The quantitative estimate of drug-likeness (QED) is 0.718. The van der Waals surface area contributed by atoms with Crippen LogP contribution in [0, 0.1) is 5.92 Å². The van der Waals surface area contributed by atoms with Gasteiger partial charge in [0.25, 0.3) is 0 Å². The first-order chi connectivity index (χ1) is 11.6. The molecule has 4 nitrogen and oxygen atoms in total. The Hall–Kier alpha value is -1.49. The molecule has 1 aliphatic heterocycles. The van der Waals surface area contributed by atoms with Crippen LogP contribution in [0.25, 0.3) is 0 Å². The molecule has 0 saturated carbocycles. The maximum absolute atomic E-state index is 12.5. The lowest BCUT2D eigenvalue weighted by Gasteiger charge is -2.21. The van der Waals surface area contributed by atoms with E-state index >= 15 is 0 Å². The zero-order valence-electron chi connectivity index (χ0n) is 14.0. The molecule has 1 aromatic rings. The second-order valence-electron chi connectivity index (χ2n) is 6.56. The third-order valence-corrected chi connectivity index (χ3v) is 5.17. The van der Waals surface area contributed by atoms with Crippen LogP contribution in [0.5, 0.6) is 0 Å². The minimum absolute atomic E-state index is 0.204. The number of carbonyl (C=O) groups is 2. The lowest BCUT2D eigenvalue weighted by molar-refractivity contribution is -0.142. The zero-order valence-corrected chi connectivity index (χ0v) is 14.9. The van der Waals surface area contributed by atoms with Gasteiger partial charge in [0.05, 0.1) is 5.92 Å². The Morgan fingerprint density at radius 2 is 1.79 bits per heavy atom. The van der Waals surface area contributed by atoms with Crippen molar-refractivity contribution in [2.75, 3.05) is 5.75 Å². The molecule has 1 heterocycles. The molecular formula is C19H27NO3S. The van der Waals surface area contributed by atoms with Gasteiger partial charge < -0.3 is 10.4 Å². The highest BCUT2D eigenvalue weighted by atomic mass is 32.1. The average Bonchev–Trinajstić information content (AvgIpc) is 2.57. The van der Waals surface area contributed by atoms with Crippen LogP contribution in [-0.4, -0.2) is 28.8 Å². The van der Waals surface area contributed by atoms with E-state index in [1.54, 1.807) is 0 Å². The van der Waals surface area contributed by atoms with Gasteiger partial charge in [0, 0.05) is 5.75 Å². The summed E-state index contributed by atoms with van der Waals surface area (Å²) in [7, 11) is 0. The largest absolute Gasteiger partial charge is 0.480 e.